The van der Waals surface area contributed by atoms with Gasteiger partial charge in [0, 0.05) is 56.8 Å². The topological polar surface area (TPSA) is 41.4 Å². The second-order valence-corrected chi connectivity index (χ2v) is 7.92. The van der Waals surface area contributed by atoms with E-state index in [2.05, 4.69) is 32.4 Å². The Labute approximate surface area is 146 Å². The number of amides is 1. The van der Waals surface area contributed by atoms with Crippen LogP contribution in [0.1, 0.15) is 22.8 Å². The lowest BCUT2D eigenvalue weighted by molar-refractivity contribution is -0.134. The third kappa shape index (κ3) is 3.39. The zero-order valence-electron chi connectivity index (χ0n) is 14.1. The Morgan fingerprint density at radius 1 is 1.33 bits per heavy atom. The van der Waals surface area contributed by atoms with Crippen LogP contribution in [0, 0.1) is 5.92 Å². The molecule has 0 bridgehead atoms. The van der Waals surface area contributed by atoms with Gasteiger partial charge in [-0.3, -0.25) is 14.4 Å². The Bertz CT molecular complexity index is 688. The molecule has 2 aromatic heterocycles. The van der Waals surface area contributed by atoms with Gasteiger partial charge in [0.15, 0.2) is 0 Å². The zero-order chi connectivity index (χ0) is 16.5. The average Bonchev–Trinajstić information content (AvgIpc) is 3.00. The third-order valence-corrected chi connectivity index (χ3v) is 6.14. The van der Waals surface area contributed by atoms with Crippen LogP contribution in [0.15, 0.2) is 29.9 Å². The first-order valence-corrected chi connectivity index (χ1v) is 9.61. The fraction of sp³-hybridized carbons (Fsp3) is 0.556. The molecule has 0 radical (unpaired) electrons. The summed E-state index contributed by atoms with van der Waals surface area (Å²) in [5, 5.41) is 6.36. The normalized spacial score (nSPS) is 24.3. The van der Waals surface area contributed by atoms with Crippen molar-refractivity contribution in [1.29, 1.82) is 0 Å². The highest BCUT2D eigenvalue weighted by molar-refractivity contribution is 7.09. The van der Waals surface area contributed by atoms with E-state index in [1.165, 1.54) is 10.4 Å². The number of carbonyl (C=O) groups is 1. The standard InChI is InChI=1S/C18H24N4OS/c1-20-13-14(12-19-20)16-11-17(16)18(23)22-8-6-21(7-9-22)5-4-15-3-2-10-24-15/h2-3,10,12-13,16-17H,4-9,11H2,1H3/t16-,17+/m0/s1. The summed E-state index contributed by atoms with van der Waals surface area (Å²) in [7, 11) is 1.93. The number of hydrogen-bond donors (Lipinski definition) is 0. The molecule has 0 aromatic carbocycles. The molecule has 1 amide bonds. The van der Waals surface area contributed by atoms with Crippen molar-refractivity contribution < 1.29 is 4.79 Å². The third-order valence-electron chi connectivity index (χ3n) is 5.20. The van der Waals surface area contributed by atoms with Crippen molar-refractivity contribution >= 4 is 17.2 Å². The fourth-order valence-electron chi connectivity index (χ4n) is 3.62. The van der Waals surface area contributed by atoms with E-state index in [0.29, 0.717) is 11.8 Å². The van der Waals surface area contributed by atoms with Crippen molar-refractivity contribution in [1.82, 2.24) is 19.6 Å². The largest absolute Gasteiger partial charge is 0.340 e. The fourth-order valence-corrected chi connectivity index (χ4v) is 4.32. The lowest BCUT2D eigenvalue weighted by Gasteiger charge is -2.34. The Kier molecular flexibility index (Phi) is 4.41. The summed E-state index contributed by atoms with van der Waals surface area (Å²) in [5.41, 5.74) is 1.21. The second-order valence-electron chi connectivity index (χ2n) is 6.89. The summed E-state index contributed by atoms with van der Waals surface area (Å²) in [6.07, 6.45) is 6.06. The van der Waals surface area contributed by atoms with Gasteiger partial charge in [-0.2, -0.15) is 5.10 Å². The molecule has 3 heterocycles. The molecule has 1 saturated heterocycles. The maximum Gasteiger partial charge on any atom is 0.226 e. The summed E-state index contributed by atoms with van der Waals surface area (Å²) in [5.74, 6) is 0.927. The minimum absolute atomic E-state index is 0.187. The smallest absolute Gasteiger partial charge is 0.226 e. The average molecular weight is 344 g/mol. The number of piperazine rings is 1. The Morgan fingerprint density at radius 2 is 2.17 bits per heavy atom. The van der Waals surface area contributed by atoms with Crippen molar-refractivity contribution in [2.24, 2.45) is 13.0 Å². The number of aromatic nitrogens is 2. The summed E-state index contributed by atoms with van der Waals surface area (Å²) >= 11 is 1.83. The molecule has 24 heavy (non-hydrogen) atoms. The summed E-state index contributed by atoms with van der Waals surface area (Å²) in [6.45, 7) is 4.85. The molecule has 2 atom stereocenters. The molecule has 5 nitrogen and oxygen atoms in total. The first-order chi connectivity index (χ1) is 11.7. The predicted molar refractivity (Wildman–Crippen MR) is 95.1 cm³/mol. The zero-order valence-corrected chi connectivity index (χ0v) is 14.9. The number of hydrogen-bond acceptors (Lipinski definition) is 4. The molecule has 0 unspecified atom stereocenters. The Morgan fingerprint density at radius 3 is 2.83 bits per heavy atom. The van der Waals surface area contributed by atoms with Gasteiger partial charge < -0.3 is 4.90 Å². The molecule has 2 fully saturated rings. The van der Waals surface area contributed by atoms with Crippen molar-refractivity contribution in [3.63, 3.8) is 0 Å². The Balaban J connectivity index is 1.23. The van der Waals surface area contributed by atoms with Crippen LogP contribution in [0.4, 0.5) is 0 Å². The maximum atomic E-state index is 12.7. The van der Waals surface area contributed by atoms with Crippen LogP contribution in [0.5, 0.6) is 0 Å². The molecule has 1 aliphatic carbocycles. The van der Waals surface area contributed by atoms with E-state index in [9.17, 15) is 4.79 Å². The van der Waals surface area contributed by atoms with Gasteiger partial charge in [-0.1, -0.05) is 6.07 Å². The van der Waals surface area contributed by atoms with Crippen LogP contribution in [0.25, 0.3) is 0 Å². The molecule has 1 aliphatic heterocycles. The van der Waals surface area contributed by atoms with Crippen LogP contribution in [0.3, 0.4) is 0 Å². The highest BCUT2D eigenvalue weighted by Gasteiger charge is 2.46. The first kappa shape index (κ1) is 15.8. The quantitative estimate of drug-likeness (QED) is 0.833. The van der Waals surface area contributed by atoms with Crippen LogP contribution in [-0.2, 0) is 18.3 Å². The number of aryl methyl sites for hydroxylation is 1. The molecule has 2 aromatic rings. The van der Waals surface area contributed by atoms with Gasteiger partial charge in [0.05, 0.1) is 6.20 Å². The first-order valence-electron chi connectivity index (χ1n) is 8.73. The summed E-state index contributed by atoms with van der Waals surface area (Å²) in [6, 6.07) is 4.32. The number of rotatable bonds is 5. The molecule has 6 heteroatoms. The minimum atomic E-state index is 0.187. The number of carbonyl (C=O) groups excluding carboxylic acids is 1. The summed E-state index contributed by atoms with van der Waals surface area (Å²) in [4.78, 5) is 18.7. The molecule has 4 rings (SSSR count). The van der Waals surface area contributed by atoms with E-state index < -0.39 is 0 Å². The van der Waals surface area contributed by atoms with Crippen LogP contribution < -0.4 is 0 Å². The van der Waals surface area contributed by atoms with Crippen LogP contribution >= 0.6 is 11.3 Å². The van der Waals surface area contributed by atoms with E-state index in [1.807, 2.05) is 35.5 Å². The van der Waals surface area contributed by atoms with Crippen LogP contribution in [-0.4, -0.2) is 58.2 Å². The second kappa shape index (κ2) is 6.69. The van der Waals surface area contributed by atoms with Gasteiger partial charge in [-0.25, -0.2) is 0 Å². The SMILES string of the molecule is Cn1cc([C@@H]2C[C@H]2C(=O)N2CCN(CCc3cccs3)CC2)cn1. The lowest BCUT2D eigenvalue weighted by atomic mass is 10.1. The van der Waals surface area contributed by atoms with Gasteiger partial charge in [-0.05, 0) is 35.8 Å². The van der Waals surface area contributed by atoms with Gasteiger partial charge in [0.25, 0.3) is 0 Å². The van der Waals surface area contributed by atoms with Crippen LogP contribution in [0.2, 0.25) is 0 Å². The van der Waals surface area contributed by atoms with E-state index in [4.69, 9.17) is 0 Å². The number of thiophene rings is 1. The lowest BCUT2D eigenvalue weighted by Crippen LogP contribution is -2.49. The molecule has 2 aliphatic rings. The van der Waals surface area contributed by atoms with Gasteiger partial charge >= 0.3 is 0 Å². The highest BCUT2D eigenvalue weighted by Crippen LogP contribution is 2.48. The van der Waals surface area contributed by atoms with Gasteiger partial charge in [-0.15, -0.1) is 11.3 Å². The van der Waals surface area contributed by atoms with Crippen molar-refractivity contribution in [2.75, 3.05) is 32.7 Å². The van der Waals surface area contributed by atoms with E-state index in [1.54, 1.807) is 0 Å². The molecular weight excluding hydrogens is 320 g/mol. The van der Waals surface area contributed by atoms with Crippen molar-refractivity contribution in [3.8, 4) is 0 Å². The van der Waals surface area contributed by atoms with Crippen molar-refractivity contribution in [2.45, 2.75) is 18.8 Å². The molecule has 1 saturated carbocycles. The molecule has 0 N–H and O–H groups in total. The van der Waals surface area contributed by atoms with E-state index >= 15 is 0 Å². The molecule has 128 valence electrons. The van der Waals surface area contributed by atoms with Gasteiger partial charge in [0.2, 0.25) is 5.91 Å². The van der Waals surface area contributed by atoms with Crippen molar-refractivity contribution in [3.05, 3.63) is 40.3 Å². The predicted octanol–water partition coefficient (Wildman–Crippen LogP) is 1.97. The summed E-state index contributed by atoms with van der Waals surface area (Å²) < 4.78 is 1.82. The highest BCUT2D eigenvalue weighted by atomic mass is 32.1. The van der Waals surface area contributed by atoms with E-state index in [0.717, 1.165) is 45.6 Å². The maximum absolute atomic E-state index is 12.7. The number of nitrogens with zero attached hydrogens (tertiary/aromatic N) is 4. The molecule has 0 spiro atoms. The molecular formula is C18H24N4OS. The monoisotopic (exact) mass is 344 g/mol. The van der Waals surface area contributed by atoms with E-state index in [-0.39, 0.29) is 5.92 Å². The minimum Gasteiger partial charge on any atom is -0.340 e. The Hall–Kier alpha value is -1.66. The van der Waals surface area contributed by atoms with Gasteiger partial charge in [0.1, 0.15) is 0 Å².